The highest BCUT2D eigenvalue weighted by molar-refractivity contribution is 8.86. The minimum Gasteiger partial charge on any atom is -0.342 e. The Morgan fingerprint density at radius 1 is 1.09 bits per heavy atom. The van der Waals surface area contributed by atoms with Gasteiger partial charge in [-0.3, -0.25) is 0 Å². The summed E-state index contributed by atoms with van der Waals surface area (Å²) in [7, 11) is 1.82. The lowest BCUT2D eigenvalue weighted by atomic mass is 10.6. The molecule has 0 aromatic heterocycles. The van der Waals surface area contributed by atoms with Gasteiger partial charge < -0.3 is 4.52 Å². The minimum absolute atomic E-state index is 0.237. The van der Waals surface area contributed by atoms with Crippen LogP contribution in [0.15, 0.2) is 0 Å². The molecule has 0 aromatic carbocycles. The largest absolute Gasteiger partial charge is 0.342 e. The molecule has 0 fully saturated rings. The van der Waals surface area contributed by atoms with Crippen molar-refractivity contribution in [1.29, 1.82) is 0 Å². The average Bonchev–Trinajstić information content (AvgIpc) is 2.05. The number of hydrogen-bond acceptors (Lipinski definition) is 3. The van der Waals surface area contributed by atoms with Crippen molar-refractivity contribution >= 4 is 29.3 Å². The van der Waals surface area contributed by atoms with Gasteiger partial charge in [0, 0.05) is 18.6 Å². The summed E-state index contributed by atoms with van der Waals surface area (Å²) in [5.41, 5.74) is 0. The summed E-state index contributed by atoms with van der Waals surface area (Å²) in [4.78, 5) is 0. The maximum Gasteiger partial charge on any atom is 0.151 e. The molecule has 0 aliphatic rings. The van der Waals surface area contributed by atoms with Crippen LogP contribution in [0.1, 0.15) is 26.7 Å². The Labute approximate surface area is 79.4 Å². The molecule has 0 N–H and O–H groups in total. The van der Waals surface area contributed by atoms with E-state index in [1.165, 1.54) is 24.3 Å². The fraction of sp³-hybridized carbons (Fsp3) is 1.00. The van der Waals surface area contributed by atoms with E-state index in [2.05, 4.69) is 13.8 Å². The van der Waals surface area contributed by atoms with Gasteiger partial charge in [-0.15, -0.1) is 0 Å². The van der Waals surface area contributed by atoms with Crippen molar-refractivity contribution in [2.45, 2.75) is 26.7 Å². The molecule has 0 amide bonds. The van der Waals surface area contributed by atoms with E-state index in [9.17, 15) is 0 Å². The molecule has 0 unspecified atom stereocenters. The van der Waals surface area contributed by atoms with E-state index >= 15 is 0 Å². The van der Waals surface area contributed by atoms with Crippen molar-refractivity contribution in [3.05, 3.63) is 0 Å². The smallest absolute Gasteiger partial charge is 0.151 e. The molecule has 0 saturated heterocycles. The van der Waals surface area contributed by atoms with Gasteiger partial charge in [-0.05, 0) is 12.8 Å². The Hall–Kier alpha value is 1.09. The van der Waals surface area contributed by atoms with Gasteiger partial charge >= 0.3 is 0 Å². The predicted octanol–water partition coefficient (Wildman–Crippen LogP) is 4.15. The summed E-state index contributed by atoms with van der Waals surface area (Å²) in [5, 5.41) is 0. The van der Waals surface area contributed by atoms with Crippen LogP contribution < -0.4 is 0 Å². The predicted molar refractivity (Wildman–Crippen MR) is 59.4 cm³/mol. The SMILES string of the molecule is CCCSP(OC)SCCC. The van der Waals surface area contributed by atoms with Crippen molar-refractivity contribution in [1.82, 2.24) is 0 Å². The van der Waals surface area contributed by atoms with Gasteiger partial charge in [0.25, 0.3) is 0 Å². The topological polar surface area (TPSA) is 9.23 Å². The standard InChI is InChI=1S/C7H17OPS2/c1-4-6-10-9(8-3)11-7-5-2/h4-7H2,1-3H3. The van der Waals surface area contributed by atoms with E-state index in [4.69, 9.17) is 4.52 Å². The Morgan fingerprint density at radius 2 is 1.55 bits per heavy atom. The van der Waals surface area contributed by atoms with Gasteiger partial charge in [0.15, 0.2) is 6.55 Å². The lowest BCUT2D eigenvalue weighted by molar-refractivity contribution is 0.482. The van der Waals surface area contributed by atoms with E-state index < -0.39 is 0 Å². The summed E-state index contributed by atoms with van der Waals surface area (Å²) >= 11 is 3.93. The molecule has 0 heterocycles. The van der Waals surface area contributed by atoms with Crippen molar-refractivity contribution in [3.8, 4) is 0 Å². The molecule has 0 aliphatic carbocycles. The van der Waals surface area contributed by atoms with Gasteiger partial charge in [-0.2, -0.15) is 0 Å². The third-order valence-corrected chi connectivity index (χ3v) is 8.00. The fourth-order valence-corrected chi connectivity index (χ4v) is 6.28. The van der Waals surface area contributed by atoms with E-state index in [1.54, 1.807) is 0 Å². The molecule has 0 spiro atoms. The molecule has 68 valence electrons. The fourth-order valence-electron chi connectivity index (χ4n) is 0.474. The summed E-state index contributed by atoms with van der Waals surface area (Å²) < 4.78 is 5.35. The molecule has 0 aliphatic heterocycles. The van der Waals surface area contributed by atoms with Crippen LogP contribution in [0.4, 0.5) is 0 Å². The zero-order valence-corrected chi connectivity index (χ0v) is 10.0. The van der Waals surface area contributed by atoms with E-state index in [0.29, 0.717) is 0 Å². The molecule has 4 heteroatoms. The summed E-state index contributed by atoms with van der Waals surface area (Å²) in [6, 6.07) is 0. The highest BCUT2D eigenvalue weighted by Crippen LogP contribution is 2.61. The van der Waals surface area contributed by atoms with Crippen LogP contribution in [0.2, 0.25) is 0 Å². The normalized spacial score (nSPS) is 10.9. The molecule has 0 saturated carbocycles. The van der Waals surface area contributed by atoms with Crippen LogP contribution >= 0.6 is 29.3 Å². The van der Waals surface area contributed by atoms with E-state index in [0.717, 1.165) is 0 Å². The van der Waals surface area contributed by atoms with Crippen LogP contribution in [0, 0.1) is 0 Å². The minimum atomic E-state index is -0.237. The third kappa shape index (κ3) is 7.45. The van der Waals surface area contributed by atoms with Gasteiger partial charge in [0.05, 0.1) is 0 Å². The van der Waals surface area contributed by atoms with Gasteiger partial charge in [-0.25, -0.2) is 0 Å². The highest BCUT2D eigenvalue weighted by atomic mass is 33.1. The first-order chi connectivity index (χ1) is 5.35. The maximum absolute atomic E-state index is 5.35. The van der Waals surface area contributed by atoms with Crippen molar-refractivity contribution < 1.29 is 4.52 Å². The Bertz CT molecular complexity index is 74.8. The van der Waals surface area contributed by atoms with Crippen molar-refractivity contribution in [2.75, 3.05) is 18.6 Å². The number of hydrogen-bond donors (Lipinski definition) is 0. The van der Waals surface area contributed by atoms with Gasteiger partial charge in [0.1, 0.15) is 0 Å². The Morgan fingerprint density at radius 3 is 1.82 bits per heavy atom. The second-order valence-electron chi connectivity index (χ2n) is 2.07. The second kappa shape index (κ2) is 9.18. The Balaban J connectivity index is 3.25. The van der Waals surface area contributed by atoms with Crippen LogP contribution in [0.25, 0.3) is 0 Å². The molecule has 0 aromatic rings. The lowest BCUT2D eigenvalue weighted by Gasteiger charge is -2.11. The summed E-state index contributed by atoms with van der Waals surface area (Å²) in [6.45, 7) is 4.18. The molecular formula is C7H17OPS2. The molecule has 0 radical (unpaired) electrons. The van der Waals surface area contributed by atoms with Crippen molar-refractivity contribution in [3.63, 3.8) is 0 Å². The molecule has 0 bridgehead atoms. The molecular weight excluding hydrogens is 195 g/mol. The summed E-state index contributed by atoms with van der Waals surface area (Å²) in [6.07, 6.45) is 2.50. The molecule has 1 nitrogen and oxygen atoms in total. The van der Waals surface area contributed by atoms with Gasteiger partial charge in [-0.1, -0.05) is 36.6 Å². The van der Waals surface area contributed by atoms with Crippen LogP contribution in [0.3, 0.4) is 0 Å². The van der Waals surface area contributed by atoms with Crippen LogP contribution in [-0.4, -0.2) is 18.6 Å². The quantitative estimate of drug-likeness (QED) is 0.587. The average molecular weight is 212 g/mol. The zero-order valence-electron chi connectivity index (χ0n) is 7.50. The maximum atomic E-state index is 5.35. The lowest BCUT2D eigenvalue weighted by Crippen LogP contribution is -1.76. The van der Waals surface area contributed by atoms with E-state index in [1.807, 2.05) is 29.9 Å². The summed E-state index contributed by atoms with van der Waals surface area (Å²) in [5.74, 6) is 2.46. The number of rotatable bonds is 7. The first-order valence-electron chi connectivity index (χ1n) is 3.95. The van der Waals surface area contributed by atoms with Crippen LogP contribution in [0.5, 0.6) is 0 Å². The first-order valence-corrected chi connectivity index (χ1v) is 8.39. The first kappa shape index (κ1) is 12.1. The molecule has 11 heavy (non-hydrogen) atoms. The monoisotopic (exact) mass is 212 g/mol. The highest BCUT2D eigenvalue weighted by Gasteiger charge is 2.06. The van der Waals surface area contributed by atoms with Gasteiger partial charge in [0.2, 0.25) is 0 Å². The second-order valence-corrected chi connectivity index (χ2v) is 8.45. The van der Waals surface area contributed by atoms with Crippen molar-refractivity contribution in [2.24, 2.45) is 0 Å². The third-order valence-electron chi connectivity index (χ3n) is 0.951. The van der Waals surface area contributed by atoms with Crippen LogP contribution in [-0.2, 0) is 4.52 Å². The zero-order chi connectivity index (χ0) is 8.53. The molecule has 0 rings (SSSR count). The Kier molecular flexibility index (Phi) is 10.1. The van der Waals surface area contributed by atoms with E-state index in [-0.39, 0.29) is 6.55 Å². The molecule has 0 atom stereocenters.